The summed E-state index contributed by atoms with van der Waals surface area (Å²) in [5, 5.41) is 0. The number of thioether (sulfide) groups is 1. The molecule has 1 amide bonds. The second-order valence-corrected chi connectivity index (χ2v) is 8.24. The van der Waals surface area contributed by atoms with Gasteiger partial charge in [0, 0.05) is 37.6 Å². The summed E-state index contributed by atoms with van der Waals surface area (Å²) in [5.41, 5.74) is 2.05. The molecule has 1 fully saturated rings. The quantitative estimate of drug-likeness (QED) is 0.691. The fourth-order valence-electron chi connectivity index (χ4n) is 3.56. The Bertz CT molecular complexity index is 834. The smallest absolute Gasteiger partial charge is 0.255 e. The van der Waals surface area contributed by atoms with Crippen molar-refractivity contribution in [2.24, 2.45) is 0 Å². The van der Waals surface area contributed by atoms with Crippen LogP contribution in [0.5, 0.6) is 11.5 Å². The molecule has 0 aliphatic carbocycles. The lowest BCUT2D eigenvalue weighted by atomic mass is 10.1. The molecule has 5 nitrogen and oxygen atoms in total. The number of carbonyl (C=O) groups excluding carboxylic acids is 1. The van der Waals surface area contributed by atoms with E-state index in [-0.39, 0.29) is 5.91 Å². The van der Waals surface area contributed by atoms with Crippen LogP contribution >= 0.6 is 11.8 Å². The van der Waals surface area contributed by atoms with Crippen molar-refractivity contribution in [3.63, 3.8) is 0 Å². The van der Waals surface area contributed by atoms with Gasteiger partial charge in [0.15, 0.2) is 11.5 Å². The van der Waals surface area contributed by atoms with Gasteiger partial charge in [-0.25, -0.2) is 0 Å². The minimum atomic E-state index is 0.155. The van der Waals surface area contributed by atoms with Gasteiger partial charge in [0.2, 0.25) is 6.79 Å². The molecular formula is C22H26N2O3S. The Morgan fingerprint density at radius 3 is 2.64 bits per heavy atom. The maximum atomic E-state index is 13.0. The van der Waals surface area contributed by atoms with Crippen molar-refractivity contribution in [3.05, 3.63) is 53.6 Å². The number of hydrogen-bond donors (Lipinski definition) is 0. The summed E-state index contributed by atoms with van der Waals surface area (Å²) in [5.74, 6) is 2.83. The summed E-state index contributed by atoms with van der Waals surface area (Å²) in [7, 11) is 0. The fraction of sp³-hybridized carbons (Fsp3) is 0.409. The molecule has 0 spiro atoms. The van der Waals surface area contributed by atoms with E-state index in [1.165, 1.54) is 5.56 Å². The highest BCUT2D eigenvalue weighted by molar-refractivity contribution is 7.99. The van der Waals surface area contributed by atoms with Gasteiger partial charge in [-0.1, -0.05) is 25.1 Å². The van der Waals surface area contributed by atoms with Crippen molar-refractivity contribution in [3.8, 4) is 11.5 Å². The van der Waals surface area contributed by atoms with Gasteiger partial charge >= 0.3 is 0 Å². The van der Waals surface area contributed by atoms with Gasteiger partial charge in [0.05, 0.1) is 5.56 Å². The molecule has 2 aliphatic heterocycles. The van der Waals surface area contributed by atoms with Crippen molar-refractivity contribution in [2.45, 2.75) is 24.8 Å². The van der Waals surface area contributed by atoms with Crippen molar-refractivity contribution in [2.75, 3.05) is 38.7 Å². The van der Waals surface area contributed by atoms with E-state index in [9.17, 15) is 4.79 Å². The molecule has 2 heterocycles. The average Bonchev–Trinajstić information content (AvgIpc) is 3.20. The van der Waals surface area contributed by atoms with E-state index in [0.29, 0.717) is 6.79 Å². The zero-order chi connectivity index (χ0) is 19.3. The van der Waals surface area contributed by atoms with E-state index in [1.54, 1.807) is 11.8 Å². The third kappa shape index (κ3) is 4.28. The van der Waals surface area contributed by atoms with Gasteiger partial charge < -0.3 is 14.4 Å². The van der Waals surface area contributed by atoms with Crippen LogP contribution in [0.15, 0.2) is 47.4 Å². The first kappa shape index (κ1) is 19.2. The van der Waals surface area contributed by atoms with Gasteiger partial charge in [0.1, 0.15) is 0 Å². The maximum Gasteiger partial charge on any atom is 0.255 e. The van der Waals surface area contributed by atoms with Crippen molar-refractivity contribution in [1.29, 1.82) is 0 Å². The van der Waals surface area contributed by atoms with Crippen LogP contribution in [0.4, 0.5) is 0 Å². The maximum absolute atomic E-state index is 13.0. The Hall–Kier alpha value is -2.18. The minimum Gasteiger partial charge on any atom is -0.454 e. The zero-order valence-corrected chi connectivity index (χ0v) is 17.0. The van der Waals surface area contributed by atoms with E-state index in [1.807, 2.05) is 29.2 Å². The Morgan fingerprint density at radius 2 is 1.82 bits per heavy atom. The normalized spacial score (nSPS) is 16.4. The van der Waals surface area contributed by atoms with Gasteiger partial charge in [-0.15, -0.1) is 11.8 Å². The number of rotatable bonds is 6. The molecule has 1 saturated heterocycles. The number of benzene rings is 2. The first-order valence-corrected chi connectivity index (χ1v) is 10.8. The summed E-state index contributed by atoms with van der Waals surface area (Å²) in [4.78, 5) is 18.5. The molecule has 6 heteroatoms. The molecule has 2 aliphatic rings. The number of amides is 1. The highest BCUT2D eigenvalue weighted by atomic mass is 32.2. The van der Waals surface area contributed by atoms with Crippen molar-refractivity contribution < 1.29 is 14.3 Å². The lowest BCUT2D eigenvalue weighted by molar-refractivity contribution is 0.0625. The van der Waals surface area contributed by atoms with E-state index in [0.717, 1.165) is 66.9 Å². The summed E-state index contributed by atoms with van der Waals surface area (Å²) in [6.07, 6.45) is 1.10. The van der Waals surface area contributed by atoms with E-state index in [4.69, 9.17) is 9.47 Å². The molecule has 0 radical (unpaired) electrons. The summed E-state index contributed by atoms with van der Waals surface area (Å²) < 4.78 is 10.8. The van der Waals surface area contributed by atoms with Gasteiger partial charge in [-0.3, -0.25) is 9.69 Å². The van der Waals surface area contributed by atoms with Crippen LogP contribution in [0, 0.1) is 0 Å². The van der Waals surface area contributed by atoms with Crippen LogP contribution in [0.3, 0.4) is 0 Å². The molecule has 2 aromatic carbocycles. The molecular weight excluding hydrogens is 372 g/mol. The van der Waals surface area contributed by atoms with Gasteiger partial charge in [-0.2, -0.15) is 0 Å². The van der Waals surface area contributed by atoms with Crippen molar-refractivity contribution >= 4 is 17.7 Å². The van der Waals surface area contributed by atoms with E-state index in [2.05, 4.69) is 30.0 Å². The van der Waals surface area contributed by atoms with Gasteiger partial charge in [0.25, 0.3) is 5.91 Å². The highest BCUT2D eigenvalue weighted by Gasteiger charge is 2.24. The monoisotopic (exact) mass is 398 g/mol. The number of nitrogens with zero attached hydrogens (tertiary/aromatic N) is 2. The zero-order valence-electron chi connectivity index (χ0n) is 16.2. The fourth-order valence-corrected chi connectivity index (χ4v) is 4.47. The lowest BCUT2D eigenvalue weighted by Gasteiger charge is -2.35. The number of ether oxygens (including phenoxy) is 2. The van der Waals surface area contributed by atoms with E-state index >= 15 is 0 Å². The number of hydrogen-bond acceptors (Lipinski definition) is 5. The van der Waals surface area contributed by atoms with Crippen LogP contribution in [0.1, 0.15) is 29.3 Å². The third-order valence-corrected chi connectivity index (χ3v) is 6.36. The third-order valence-electron chi connectivity index (χ3n) is 5.08. The molecule has 4 rings (SSSR count). The number of fused-ring (bicyclic) bond motifs is 1. The molecule has 0 unspecified atom stereocenters. The first-order chi connectivity index (χ1) is 13.7. The number of piperazine rings is 1. The van der Waals surface area contributed by atoms with E-state index < -0.39 is 0 Å². The first-order valence-electron chi connectivity index (χ1n) is 9.86. The van der Waals surface area contributed by atoms with Crippen LogP contribution in [-0.4, -0.2) is 54.4 Å². The molecule has 148 valence electrons. The Balaban J connectivity index is 1.34. The van der Waals surface area contributed by atoms with Crippen LogP contribution in [0.25, 0.3) is 0 Å². The van der Waals surface area contributed by atoms with Crippen LogP contribution in [0.2, 0.25) is 0 Å². The highest BCUT2D eigenvalue weighted by Crippen LogP contribution is 2.33. The summed E-state index contributed by atoms with van der Waals surface area (Å²) in [6.45, 7) is 6.61. The molecule has 0 saturated carbocycles. The topological polar surface area (TPSA) is 42.0 Å². The average molecular weight is 399 g/mol. The van der Waals surface area contributed by atoms with Gasteiger partial charge in [-0.05, 0) is 42.0 Å². The standard InChI is InChI=1S/C22H26N2O3S/c1-2-13-28-21-6-4-3-5-18(21)22(25)24-11-9-23(10-12-24)15-17-7-8-19-20(14-17)27-16-26-19/h3-8,14H,2,9-13,15-16H2,1H3. The van der Waals surface area contributed by atoms with Crippen LogP contribution in [-0.2, 0) is 6.54 Å². The molecule has 28 heavy (non-hydrogen) atoms. The molecule has 0 aromatic heterocycles. The number of carbonyl (C=O) groups is 1. The predicted octanol–water partition coefficient (Wildman–Crippen LogP) is 3.88. The minimum absolute atomic E-state index is 0.155. The SMILES string of the molecule is CCCSc1ccccc1C(=O)N1CCN(Cc2ccc3c(c2)OCO3)CC1. The Morgan fingerprint density at radius 1 is 1.04 bits per heavy atom. The van der Waals surface area contributed by atoms with Crippen LogP contribution < -0.4 is 9.47 Å². The molecule has 2 aromatic rings. The largest absolute Gasteiger partial charge is 0.454 e. The molecule has 0 N–H and O–H groups in total. The lowest BCUT2D eigenvalue weighted by Crippen LogP contribution is -2.48. The summed E-state index contributed by atoms with van der Waals surface area (Å²) >= 11 is 1.77. The Labute approximate surface area is 170 Å². The van der Waals surface area contributed by atoms with Crippen molar-refractivity contribution in [1.82, 2.24) is 9.80 Å². The summed E-state index contributed by atoms with van der Waals surface area (Å²) in [6, 6.07) is 14.1. The Kier molecular flexibility index (Phi) is 6.07. The molecule has 0 bridgehead atoms. The predicted molar refractivity (Wildman–Crippen MR) is 111 cm³/mol. The second-order valence-electron chi connectivity index (χ2n) is 7.10. The molecule has 0 atom stereocenters. The second kappa shape index (κ2) is 8.88.